The van der Waals surface area contributed by atoms with Crippen molar-refractivity contribution in [3.8, 4) is 0 Å². The molecule has 1 heterocycles. The quantitative estimate of drug-likeness (QED) is 0.864. The number of carbonyl (C=O) groups is 1. The van der Waals surface area contributed by atoms with Gasteiger partial charge in [0.05, 0.1) is 6.04 Å². The number of amides is 1. The Morgan fingerprint density at radius 1 is 1.36 bits per heavy atom. The lowest BCUT2D eigenvalue weighted by molar-refractivity contribution is 0.177. The first kappa shape index (κ1) is 9.98. The molecule has 1 aromatic rings. The van der Waals surface area contributed by atoms with E-state index in [9.17, 15) is 4.79 Å². The first-order chi connectivity index (χ1) is 6.66. The average molecular weight is 321 g/mol. The standard InChI is InChI=1S/C9H7Br2NO2/c10-6-2-1-5(3-7(6)11)8-4-14-9(13)12-8/h1-3,8H,4H2,(H,12,13). The summed E-state index contributed by atoms with van der Waals surface area (Å²) >= 11 is 6.79. The van der Waals surface area contributed by atoms with Crippen molar-refractivity contribution < 1.29 is 9.53 Å². The van der Waals surface area contributed by atoms with Gasteiger partial charge >= 0.3 is 6.09 Å². The molecule has 1 saturated heterocycles. The highest BCUT2D eigenvalue weighted by molar-refractivity contribution is 9.13. The zero-order valence-corrected chi connectivity index (χ0v) is 10.3. The van der Waals surface area contributed by atoms with Crippen LogP contribution in [0, 0.1) is 0 Å². The molecule has 74 valence electrons. The van der Waals surface area contributed by atoms with Crippen LogP contribution in [0.5, 0.6) is 0 Å². The maximum atomic E-state index is 10.8. The monoisotopic (exact) mass is 319 g/mol. The van der Waals surface area contributed by atoms with Crippen molar-refractivity contribution in [3.05, 3.63) is 32.7 Å². The van der Waals surface area contributed by atoms with E-state index in [4.69, 9.17) is 4.74 Å². The molecule has 0 aliphatic carbocycles. The first-order valence-corrected chi connectivity index (χ1v) is 5.63. The molecule has 1 aromatic carbocycles. The summed E-state index contributed by atoms with van der Waals surface area (Å²) < 4.78 is 6.77. The maximum Gasteiger partial charge on any atom is 0.407 e. The lowest BCUT2D eigenvalue weighted by Crippen LogP contribution is -2.18. The first-order valence-electron chi connectivity index (χ1n) is 4.05. The highest BCUT2D eigenvalue weighted by Gasteiger charge is 2.23. The lowest BCUT2D eigenvalue weighted by Gasteiger charge is -2.08. The largest absolute Gasteiger partial charge is 0.447 e. The van der Waals surface area contributed by atoms with Crippen LogP contribution < -0.4 is 5.32 Å². The third-order valence-corrected chi connectivity index (χ3v) is 3.90. The highest BCUT2D eigenvalue weighted by Crippen LogP contribution is 2.27. The minimum Gasteiger partial charge on any atom is -0.447 e. The smallest absolute Gasteiger partial charge is 0.407 e. The van der Waals surface area contributed by atoms with E-state index in [0.29, 0.717) is 6.61 Å². The third-order valence-electron chi connectivity index (χ3n) is 2.02. The number of hydrogen-bond donors (Lipinski definition) is 1. The van der Waals surface area contributed by atoms with E-state index in [2.05, 4.69) is 37.2 Å². The molecule has 1 aliphatic rings. The van der Waals surface area contributed by atoms with Crippen LogP contribution in [0.1, 0.15) is 11.6 Å². The Morgan fingerprint density at radius 2 is 2.14 bits per heavy atom. The Kier molecular flexibility index (Phi) is 2.78. The van der Waals surface area contributed by atoms with Crippen LogP contribution >= 0.6 is 31.9 Å². The molecule has 0 radical (unpaired) electrons. The van der Waals surface area contributed by atoms with Gasteiger partial charge in [0, 0.05) is 8.95 Å². The molecule has 5 heteroatoms. The van der Waals surface area contributed by atoms with Crippen molar-refractivity contribution in [1.29, 1.82) is 0 Å². The Bertz CT molecular complexity index is 381. The topological polar surface area (TPSA) is 38.3 Å². The molecular weight excluding hydrogens is 314 g/mol. The van der Waals surface area contributed by atoms with Gasteiger partial charge < -0.3 is 10.1 Å². The molecule has 1 amide bonds. The molecule has 1 atom stereocenters. The second-order valence-electron chi connectivity index (χ2n) is 2.97. The second-order valence-corrected chi connectivity index (χ2v) is 4.68. The fraction of sp³-hybridized carbons (Fsp3) is 0.222. The Morgan fingerprint density at radius 3 is 2.71 bits per heavy atom. The second kappa shape index (κ2) is 3.90. The minimum atomic E-state index is -0.353. The Balaban J connectivity index is 2.24. The van der Waals surface area contributed by atoms with Gasteiger partial charge in [0.1, 0.15) is 6.61 Å². The minimum absolute atomic E-state index is 0.0353. The molecule has 0 bridgehead atoms. The van der Waals surface area contributed by atoms with Gasteiger partial charge in [0.15, 0.2) is 0 Å². The van der Waals surface area contributed by atoms with E-state index in [1.165, 1.54) is 0 Å². The zero-order chi connectivity index (χ0) is 10.1. The number of rotatable bonds is 1. The van der Waals surface area contributed by atoms with Gasteiger partial charge in [-0.25, -0.2) is 4.79 Å². The average Bonchev–Trinajstić information content (AvgIpc) is 2.57. The number of carbonyl (C=O) groups excluding carboxylic acids is 1. The molecule has 3 nitrogen and oxygen atoms in total. The van der Waals surface area contributed by atoms with Crippen molar-refractivity contribution in [3.63, 3.8) is 0 Å². The van der Waals surface area contributed by atoms with Crippen LogP contribution in [0.2, 0.25) is 0 Å². The molecule has 1 aliphatic heterocycles. The van der Waals surface area contributed by atoms with Crippen LogP contribution in [-0.4, -0.2) is 12.7 Å². The predicted molar refractivity (Wildman–Crippen MR) is 59.1 cm³/mol. The van der Waals surface area contributed by atoms with Crippen LogP contribution in [-0.2, 0) is 4.74 Å². The number of cyclic esters (lactones) is 1. The van der Waals surface area contributed by atoms with Crippen LogP contribution in [0.25, 0.3) is 0 Å². The summed E-state index contributed by atoms with van der Waals surface area (Å²) in [6.45, 7) is 0.396. The fourth-order valence-corrected chi connectivity index (χ4v) is 1.94. The summed E-state index contributed by atoms with van der Waals surface area (Å²) in [4.78, 5) is 10.8. The Labute approximate surface area is 98.1 Å². The fourth-order valence-electron chi connectivity index (χ4n) is 1.29. The van der Waals surface area contributed by atoms with Crippen molar-refractivity contribution in [1.82, 2.24) is 5.32 Å². The van der Waals surface area contributed by atoms with Gasteiger partial charge in [-0.1, -0.05) is 6.07 Å². The van der Waals surface area contributed by atoms with Crippen LogP contribution in [0.15, 0.2) is 27.1 Å². The van der Waals surface area contributed by atoms with Gasteiger partial charge in [-0.2, -0.15) is 0 Å². The summed E-state index contributed by atoms with van der Waals surface area (Å²) in [5.74, 6) is 0. The van der Waals surface area contributed by atoms with E-state index in [1.807, 2.05) is 18.2 Å². The van der Waals surface area contributed by atoms with Crippen molar-refractivity contribution in [2.75, 3.05) is 6.61 Å². The Hall–Kier alpha value is -0.550. The molecule has 1 unspecified atom stereocenters. The van der Waals surface area contributed by atoms with E-state index in [0.717, 1.165) is 14.5 Å². The number of ether oxygens (including phenoxy) is 1. The maximum absolute atomic E-state index is 10.8. The molecular formula is C9H7Br2NO2. The summed E-state index contributed by atoms with van der Waals surface area (Å²) in [7, 11) is 0. The summed E-state index contributed by atoms with van der Waals surface area (Å²) in [6.07, 6.45) is -0.353. The zero-order valence-electron chi connectivity index (χ0n) is 7.09. The van der Waals surface area contributed by atoms with Gasteiger partial charge in [0.2, 0.25) is 0 Å². The number of halogens is 2. The number of alkyl carbamates (subject to hydrolysis) is 1. The normalized spacial score (nSPS) is 20.4. The summed E-state index contributed by atoms with van der Waals surface area (Å²) in [5.41, 5.74) is 1.03. The molecule has 1 fully saturated rings. The van der Waals surface area contributed by atoms with Crippen molar-refractivity contribution in [2.45, 2.75) is 6.04 Å². The SMILES string of the molecule is O=C1NC(c2ccc(Br)c(Br)c2)CO1. The van der Waals surface area contributed by atoms with Crippen molar-refractivity contribution >= 4 is 38.0 Å². The van der Waals surface area contributed by atoms with Crippen molar-refractivity contribution in [2.24, 2.45) is 0 Å². The molecule has 2 rings (SSSR count). The van der Waals surface area contributed by atoms with E-state index >= 15 is 0 Å². The number of benzene rings is 1. The molecule has 0 aromatic heterocycles. The molecule has 1 N–H and O–H groups in total. The van der Waals surface area contributed by atoms with Crippen LogP contribution in [0.4, 0.5) is 4.79 Å². The molecule has 0 saturated carbocycles. The van der Waals surface area contributed by atoms with E-state index in [-0.39, 0.29) is 12.1 Å². The van der Waals surface area contributed by atoms with Crippen LogP contribution in [0.3, 0.4) is 0 Å². The van der Waals surface area contributed by atoms with Gasteiger partial charge in [-0.15, -0.1) is 0 Å². The lowest BCUT2D eigenvalue weighted by atomic mass is 10.1. The molecule has 0 spiro atoms. The van der Waals surface area contributed by atoms with Gasteiger partial charge in [0.25, 0.3) is 0 Å². The van der Waals surface area contributed by atoms with Gasteiger partial charge in [-0.05, 0) is 49.6 Å². The molecule has 14 heavy (non-hydrogen) atoms. The summed E-state index contributed by atoms with van der Waals surface area (Å²) in [6, 6.07) is 5.81. The summed E-state index contributed by atoms with van der Waals surface area (Å²) in [5, 5.41) is 2.72. The highest BCUT2D eigenvalue weighted by atomic mass is 79.9. The predicted octanol–water partition coefficient (Wildman–Crippen LogP) is 2.99. The number of hydrogen-bond acceptors (Lipinski definition) is 2. The van der Waals surface area contributed by atoms with Gasteiger partial charge in [-0.3, -0.25) is 0 Å². The third kappa shape index (κ3) is 1.93. The van der Waals surface area contributed by atoms with E-state index in [1.54, 1.807) is 0 Å². The van der Waals surface area contributed by atoms with E-state index < -0.39 is 0 Å². The number of nitrogens with one attached hydrogen (secondary N) is 1.